The van der Waals surface area contributed by atoms with Crippen LogP contribution >= 0.6 is 11.3 Å². The molecule has 0 aliphatic rings. The summed E-state index contributed by atoms with van der Waals surface area (Å²) >= 11 is 1.53. The third kappa shape index (κ3) is 4.86. The number of carbonyl (C=O) groups excluding carboxylic acids is 1. The maximum atomic E-state index is 13.1. The molecule has 0 N–H and O–H groups in total. The number of benzene rings is 2. The minimum atomic E-state index is -0.133. The topological polar surface area (TPSA) is 54.9 Å². The van der Waals surface area contributed by atoms with Crippen molar-refractivity contribution in [1.29, 1.82) is 0 Å². The van der Waals surface area contributed by atoms with Crippen LogP contribution in [0.1, 0.15) is 11.1 Å². The van der Waals surface area contributed by atoms with Crippen molar-refractivity contribution in [1.82, 2.24) is 9.88 Å². The monoisotopic (exact) mass is 413 g/mol. The third-order valence-electron chi connectivity index (χ3n) is 4.80. The smallest absolute Gasteiger partial charge is 0.266 e. The van der Waals surface area contributed by atoms with Crippen LogP contribution in [0, 0.1) is 13.8 Å². The Balaban J connectivity index is 1.84. The summed E-state index contributed by atoms with van der Waals surface area (Å²) in [5.74, 6) is 1.02. The molecule has 0 saturated heterocycles. The van der Waals surface area contributed by atoms with Crippen LogP contribution in [0.5, 0.6) is 11.5 Å². The van der Waals surface area contributed by atoms with Gasteiger partial charge in [-0.25, -0.2) is 4.98 Å². The van der Waals surface area contributed by atoms with Gasteiger partial charge < -0.3 is 14.4 Å². The molecule has 0 spiro atoms. The van der Waals surface area contributed by atoms with E-state index in [0.717, 1.165) is 22.3 Å². The van der Waals surface area contributed by atoms with Crippen molar-refractivity contribution in [3.8, 4) is 11.5 Å². The van der Waals surface area contributed by atoms with Gasteiger partial charge in [0.05, 0.1) is 17.3 Å². The molecule has 0 aliphatic heterocycles. The Morgan fingerprint density at radius 1 is 1.07 bits per heavy atom. The fourth-order valence-electron chi connectivity index (χ4n) is 2.91. The van der Waals surface area contributed by atoms with Gasteiger partial charge in [-0.15, -0.1) is 0 Å². The van der Waals surface area contributed by atoms with Crippen molar-refractivity contribution in [2.45, 2.75) is 13.8 Å². The van der Waals surface area contributed by atoms with Crippen molar-refractivity contribution in [2.75, 3.05) is 45.8 Å². The van der Waals surface area contributed by atoms with Crippen LogP contribution in [0.2, 0.25) is 0 Å². The first-order valence-corrected chi connectivity index (χ1v) is 10.3. The van der Waals surface area contributed by atoms with E-state index in [9.17, 15) is 4.79 Å². The summed E-state index contributed by atoms with van der Waals surface area (Å²) in [7, 11) is 5.55. The normalized spacial score (nSPS) is 11.1. The van der Waals surface area contributed by atoms with Gasteiger partial charge in [0.15, 0.2) is 23.2 Å². The summed E-state index contributed by atoms with van der Waals surface area (Å²) in [6.07, 6.45) is 0. The molecule has 0 atom stereocenters. The summed E-state index contributed by atoms with van der Waals surface area (Å²) in [6.45, 7) is 5.33. The highest BCUT2D eigenvalue weighted by Gasteiger charge is 2.21. The molecule has 0 bridgehead atoms. The zero-order chi connectivity index (χ0) is 21.0. The number of hydrogen-bond acceptors (Lipinski definition) is 6. The van der Waals surface area contributed by atoms with Crippen LogP contribution in [0.15, 0.2) is 36.4 Å². The molecule has 2 aromatic carbocycles. The molecule has 1 heterocycles. The molecule has 7 heteroatoms. The van der Waals surface area contributed by atoms with Crippen LogP contribution in [0.3, 0.4) is 0 Å². The molecule has 0 unspecified atom stereocenters. The van der Waals surface area contributed by atoms with Crippen LogP contribution in [-0.2, 0) is 4.79 Å². The van der Waals surface area contributed by atoms with Gasteiger partial charge >= 0.3 is 0 Å². The number of nitrogens with zero attached hydrogens (tertiary/aromatic N) is 3. The van der Waals surface area contributed by atoms with Crippen molar-refractivity contribution in [3.63, 3.8) is 0 Å². The van der Waals surface area contributed by atoms with Gasteiger partial charge in [0.25, 0.3) is 5.91 Å². The van der Waals surface area contributed by atoms with Crippen molar-refractivity contribution < 1.29 is 14.3 Å². The van der Waals surface area contributed by atoms with Gasteiger partial charge in [0.1, 0.15) is 0 Å². The van der Waals surface area contributed by atoms with Crippen LogP contribution in [0.4, 0.5) is 5.13 Å². The Morgan fingerprint density at radius 2 is 1.79 bits per heavy atom. The Labute approximate surface area is 175 Å². The molecule has 0 saturated carbocycles. The summed E-state index contributed by atoms with van der Waals surface area (Å²) in [4.78, 5) is 21.6. The number of anilines is 1. The van der Waals surface area contributed by atoms with Gasteiger partial charge in [0, 0.05) is 13.1 Å². The lowest BCUT2D eigenvalue weighted by atomic mass is 10.1. The highest BCUT2D eigenvalue weighted by Crippen LogP contribution is 2.32. The van der Waals surface area contributed by atoms with Crippen LogP contribution < -0.4 is 14.4 Å². The predicted octanol–water partition coefficient (Wildman–Crippen LogP) is 3.90. The number of likely N-dealkylation sites (N-methyl/N-ethyl adjacent to an activating group) is 1. The highest BCUT2D eigenvalue weighted by atomic mass is 32.1. The highest BCUT2D eigenvalue weighted by molar-refractivity contribution is 7.22. The number of fused-ring (bicyclic) bond motifs is 1. The standard InChI is InChI=1S/C22H27N3O3S/c1-15-10-11-19-21(16(15)2)23-22(29-19)25(13-12-24(3)4)20(26)14-28-18-9-7-6-8-17(18)27-5/h6-11H,12-14H2,1-5H3. The number of amides is 1. The van der Waals surface area contributed by atoms with E-state index in [-0.39, 0.29) is 12.5 Å². The summed E-state index contributed by atoms with van der Waals surface area (Å²) in [6, 6.07) is 11.5. The molecule has 3 aromatic rings. The number of aryl methyl sites for hydroxylation is 2. The minimum absolute atomic E-state index is 0.0816. The molecule has 0 aliphatic carbocycles. The number of carbonyl (C=O) groups is 1. The van der Waals surface area contributed by atoms with E-state index in [1.165, 1.54) is 16.9 Å². The molecular weight excluding hydrogens is 386 g/mol. The molecule has 6 nitrogen and oxygen atoms in total. The quantitative estimate of drug-likeness (QED) is 0.561. The summed E-state index contributed by atoms with van der Waals surface area (Å²) in [5, 5.41) is 0.698. The number of ether oxygens (including phenoxy) is 2. The molecule has 29 heavy (non-hydrogen) atoms. The molecular formula is C22H27N3O3S. The maximum absolute atomic E-state index is 13.1. The molecule has 1 aromatic heterocycles. The summed E-state index contributed by atoms with van der Waals surface area (Å²) < 4.78 is 12.1. The van der Waals surface area contributed by atoms with Gasteiger partial charge in [-0.05, 0) is 57.3 Å². The number of aromatic nitrogens is 1. The van der Waals surface area contributed by atoms with E-state index in [1.807, 2.05) is 37.2 Å². The summed E-state index contributed by atoms with van der Waals surface area (Å²) in [5.41, 5.74) is 3.30. The molecule has 1 amide bonds. The van der Waals surface area contributed by atoms with E-state index in [2.05, 4.69) is 26.0 Å². The van der Waals surface area contributed by atoms with E-state index < -0.39 is 0 Å². The second-order valence-electron chi connectivity index (χ2n) is 7.14. The SMILES string of the molecule is COc1ccccc1OCC(=O)N(CCN(C)C)c1nc2c(C)c(C)ccc2s1. The molecule has 3 rings (SSSR count). The lowest BCUT2D eigenvalue weighted by molar-refractivity contribution is -0.120. The second kappa shape index (κ2) is 9.24. The Morgan fingerprint density at radius 3 is 2.48 bits per heavy atom. The number of methoxy groups -OCH3 is 1. The fourth-order valence-corrected chi connectivity index (χ4v) is 3.98. The molecule has 154 valence electrons. The van der Waals surface area contributed by atoms with E-state index in [0.29, 0.717) is 23.2 Å². The van der Waals surface area contributed by atoms with Gasteiger partial charge in [-0.3, -0.25) is 9.69 Å². The molecule has 0 radical (unpaired) electrons. The Kier molecular flexibility index (Phi) is 6.71. The van der Waals surface area contributed by atoms with Crippen LogP contribution in [0.25, 0.3) is 10.2 Å². The van der Waals surface area contributed by atoms with Gasteiger partial charge in [-0.1, -0.05) is 29.5 Å². The Bertz CT molecular complexity index is 1000. The number of hydrogen-bond donors (Lipinski definition) is 0. The zero-order valence-corrected chi connectivity index (χ0v) is 18.4. The lowest BCUT2D eigenvalue weighted by Crippen LogP contribution is -2.39. The lowest BCUT2D eigenvalue weighted by Gasteiger charge is -2.22. The van der Waals surface area contributed by atoms with Gasteiger partial charge in [-0.2, -0.15) is 0 Å². The maximum Gasteiger partial charge on any atom is 0.266 e. The largest absolute Gasteiger partial charge is 0.493 e. The zero-order valence-electron chi connectivity index (χ0n) is 17.6. The number of para-hydroxylation sites is 2. The minimum Gasteiger partial charge on any atom is -0.493 e. The van der Waals surface area contributed by atoms with E-state index in [4.69, 9.17) is 14.5 Å². The molecule has 0 fully saturated rings. The van der Waals surface area contributed by atoms with E-state index in [1.54, 1.807) is 18.1 Å². The number of thiazole rings is 1. The fraction of sp³-hybridized carbons (Fsp3) is 0.364. The third-order valence-corrected chi connectivity index (χ3v) is 5.84. The average molecular weight is 414 g/mol. The van der Waals surface area contributed by atoms with Crippen molar-refractivity contribution >= 4 is 32.6 Å². The van der Waals surface area contributed by atoms with Gasteiger partial charge in [0.2, 0.25) is 0 Å². The first-order chi connectivity index (χ1) is 13.9. The van der Waals surface area contributed by atoms with Crippen LogP contribution in [-0.4, -0.2) is 56.7 Å². The Hall–Kier alpha value is -2.64. The van der Waals surface area contributed by atoms with Crippen molar-refractivity contribution in [2.24, 2.45) is 0 Å². The van der Waals surface area contributed by atoms with Crippen molar-refractivity contribution in [3.05, 3.63) is 47.5 Å². The predicted molar refractivity (Wildman–Crippen MR) is 118 cm³/mol. The number of rotatable bonds is 8. The first-order valence-electron chi connectivity index (χ1n) is 9.48. The second-order valence-corrected chi connectivity index (χ2v) is 8.15. The first kappa shape index (κ1) is 21.1. The average Bonchev–Trinajstić information content (AvgIpc) is 3.14. The van der Waals surface area contributed by atoms with E-state index >= 15 is 0 Å².